The third kappa shape index (κ3) is 3.01. The zero-order chi connectivity index (χ0) is 15.1. The van der Waals surface area contributed by atoms with E-state index in [0.29, 0.717) is 0 Å². The van der Waals surface area contributed by atoms with Crippen molar-refractivity contribution in [2.45, 2.75) is 6.18 Å². The van der Waals surface area contributed by atoms with Crippen LogP contribution in [-0.4, -0.2) is 0 Å². The molecule has 0 saturated carbocycles. The van der Waals surface area contributed by atoms with Crippen LogP contribution in [0.2, 0.25) is 20.1 Å². The predicted molar refractivity (Wildman–Crippen MR) is 76.9 cm³/mol. The quantitative estimate of drug-likeness (QED) is 0.514. The Bertz CT molecular complexity index is 642. The fourth-order valence-corrected chi connectivity index (χ4v) is 3.07. The highest BCUT2D eigenvalue weighted by atomic mass is 35.5. The van der Waals surface area contributed by atoms with Gasteiger partial charge < -0.3 is 0 Å². The molecule has 2 aromatic rings. The summed E-state index contributed by atoms with van der Waals surface area (Å²) in [5.74, 6) is 0. The molecule has 0 amide bonds. The van der Waals surface area contributed by atoms with Crippen molar-refractivity contribution in [3.63, 3.8) is 0 Å². The molecule has 0 atom stereocenters. The molecule has 2 aromatic carbocycles. The van der Waals surface area contributed by atoms with Gasteiger partial charge in [0.15, 0.2) is 0 Å². The summed E-state index contributed by atoms with van der Waals surface area (Å²) in [4.78, 5) is 0. The molecular formula is C13H5Cl4F3. The third-order valence-electron chi connectivity index (χ3n) is 2.58. The lowest BCUT2D eigenvalue weighted by molar-refractivity contribution is -0.137. The second-order valence-corrected chi connectivity index (χ2v) is 5.56. The second-order valence-electron chi connectivity index (χ2n) is 3.90. The standard InChI is InChI=1S/C13H5Cl4F3/c14-6-4-9(16)12(10(17)5-6)11-7(13(18,19)20)2-1-3-8(11)15/h1-5H. The number of alkyl halides is 3. The van der Waals surface area contributed by atoms with Gasteiger partial charge in [-0.3, -0.25) is 0 Å². The van der Waals surface area contributed by atoms with Crippen LogP contribution in [0.1, 0.15) is 5.56 Å². The minimum absolute atomic E-state index is 0.00102. The first-order valence-corrected chi connectivity index (χ1v) is 6.73. The molecule has 0 fully saturated rings. The van der Waals surface area contributed by atoms with Gasteiger partial charge in [-0.05, 0) is 24.3 Å². The first-order valence-electron chi connectivity index (χ1n) is 5.22. The lowest BCUT2D eigenvalue weighted by Gasteiger charge is -2.16. The number of hydrogen-bond donors (Lipinski definition) is 0. The third-order valence-corrected chi connectivity index (χ3v) is 3.71. The molecule has 0 aliphatic rings. The summed E-state index contributed by atoms with van der Waals surface area (Å²) >= 11 is 23.6. The normalized spacial score (nSPS) is 11.8. The maximum Gasteiger partial charge on any atom is 0.417 e. The van der Waals surface area contributed by atoms with E-state index < -0.39 is 11.7 Å². The van der Waals surface area contributed by atoms with E-state index in [9.17, 15) is 13.2 Å². The Kier molecular flexibility index (Phi) is 4.45. The maximum atomic E-state index is 13.1. The maximum absolute atomic E-state index is 13.1. The van der Waals surface area contributed by atoms with Crippen LogP contribution in [0.5, 0.6) is 0 Å². The lowest BCUT2D eigenvalue weighted by atomic mass is 9.99. The van der Waals surface area contributed by atoms with Crippen molar-refractivity contribution in [2.24, 2.45) is 0 Å². The van der Waals surface area contributed by atoms with E-state index in [4.69, 9.17) is 46.4 Å². The van der Waals surface area contributed by atoms with Gasteiger partial charge in [0.05, 0.1) is 15.6 Å². The van der Waals surface area contributed by atoms with Crippen molar-refractivity contribution < 1.29 is 13.2 Å². The van der Waals surface area contributed by atoms with Crippen LogP contribution in [0.4, 0.5) is 13.2 Å². The van der Waals surface area contributed by atoms with Crippen LogP contribution in [0, 0.1) is 0 Å². The summed E-state index contributed by atoms with van der Waals surface area (Å²) in [6, 6.07) is 6.10. The zero-order valence-corrected chi connectivity index (χ0v) is 12.6. The molecule has 0 spiro atoms. The molecule has 0 N–H and O–H groups in total. The molecule has 0 nitrogen and oxygen atoms in total. The van der Waals surface area contributed by atoms with Gasteiger partial charge in [0, 0.05) is 21.2 Å². The fraction of sp³-hybridized carbons (Fsp3) is 0.0769. The van der Waals surface area contributed by atoms with Gasteiger partial charge in [-0.15, -0.1) is 0 Å². The van der Waals surface area contributed by atoms with Crippen molar-refractivity contribution in [1.82, 2.24) is 0 Å². The van der Waals surface area contributed by atoms with E-state index in [1.165, 1.54) is 24.3 Å². The van der Waals surface area contributed by atoms with E-state index in [1.807, 2.05) is 0 Å². The number of rotatable bonds is 1. The molecule has 0 heterocycles. The molecular weight excluding hydrogens is 355 g/mol. The Labute approximate surface area is 133 Å². The molecule has 2 rings (SSSR count). The van der Waals surface area contributed by atoms with Crippen LogP contribution in [0.25, 0.3) is 11.1 Å². The van der Waals surface area contributed by atoms with E-state index in [1.54, 1.807) is 0 Å². The van der Waals surface area contributed by atoms with E-state index in [2.05, 4.69) is 0 Å². The van der Waals surface area contributed by atoms with Crippen LogP contribution < -0.4 is 0 Å². The Morgan fingerprint density at radius 1 is 0.750 bits per heavy atom. The second kappa shape index (κ2) is 5.64. The zero-order valence-electron chi connectivity index (χ0n) is 9.53. The lowest BCUT2D eigenvalue weighted by Crippen LogP contribution is -2.07. The average molecular weight is 360 g/mol. The van der Waals surface area contributed by atoms with Gasteiger partial charge in [-0.1, -0.05) is 52.5 Å². The summed E-state index contributed by atoms with van der Waals surface area (Å²) in [5.41, 5.74) is -1.15. The Balaban J connectivity index is 2.83. The van der Waals surface area contributed by atoms with Gasteiger partial charge in [-0.2, -0.15) is 13.2 Å². The molecule has 0 bridgehead atoms. The Hall–Kier alpha value is -0.610. The highest BCUT2D eigenvalue weighted by molar-refractivity contribution is 6.43. The topological polar surface area (TPSA) is 0 Å². The van der Waals surface area contributed by atoms with E-state index >= 15 is 0 Å². The van der Waals surface area contributed by atoms with Crippen LogP contribution >= 0.6 is 46.4 Å². The van der Waals surface area contributed by atoms with Crippen molar-refractivity contribution in [2.75, 3.05) is 0 Å². The first-order chi connectivity index (χ1) is 9.21. The molecule has 0 aliphatic carbocycles. The fourth-order valence-electron chi connectivity index (χ4n) is 1.80. The minimum Gasteiger partial charge on any atom is -0.166 e. The molecule has 0 aliphatic heterocycles. The van der Waals surface area contributed by atoms with Crippen LogP contribution in [-0.2, 0) is 6.18 Å². The minimum atomic E-state index is -4.58. The van der Waals surface area contributed by atoms with Crippen molar-refractivity contribution in [3.05, 3.63) is 56.0 Å². The summed E-state index contributed by atoms with van der Waals surface area (Å²) in [5, 5.41) is 0.137. The SMILES string of the molecule is FC(F)(F)c1cccc(Cl)c1-c1c(Cl)cc(Cl)cc1Cl. The molecule has 0 unspecified atom stereocenters. The van der Waals surface area contributed by atoms with Crippen LogP contribution in [0.15, 0.2) is 30.3 Å². The van der Waals surface area contributed by atoms with E-state index in [-0.39, 0.29) is 31.2 Å². The monoisotopic (exact) mass is 358 g/mol. The summed E-state index contributed by atoms with van der Waals surface area (Å²) in [6.45, 7) is 0. The molecule has 20 heavy (non-hydrogen) atoms. The number of benzene rings is 2. The van der Waals surface area contributed by atoms with Gasteiger partial charge in [-0.25, -0.2) is 0 Å². The Morgan fingerprint density at radius 2 is 1.30 bits per heavy atom. The summed E-state index contributed by atoms with van der Waals surface area (Å²) < 4.78 is 39.3. The highest BCUT2D eigenvalue weighted by Crippen LogP contribution is 2.46. The predicted octanol–water partition coefficient (Wildman–Crippen LogP) is 6.99. The van der Waals surface area contributed by atoms with Crippen molar-refractivity contribution in [3.8, 4) is 11.1 Å². The van der Waals surface area contributed by atoms with Gasteiger partial charge >= 0.3 is 6.18 Å². The highest BCUT2D eigenvalue weighted by Gasteiger charge is 2.35. The number of halogens is 7. The molecule has 106 valence electrons. The van der Waals surface area contributed by atoms with Crippen molar-refractivity contribution >= 4 is 46.4 Å². The summed E-state index contributed by atoms with van der Waals surface area (Å²) in [7, 11) is 0. The number of hydrogen-bond acceptors (Lipinski definition) is 0. The van der Waals surface area contributed by atoms with Gasteiger partial charge in [0.1, 0.15) is 0 Å². The molecule has 0 saturated heterocycles. The molecule has 0 aromatic heterocycles. The van der Waals surface area contributed by atoms with Gasteiger partial charge in [0.2, 0.25) is 0 Å². The van der Waals surface area contributed by atoms with E-state index in [0.717, 1.165) is 6.07 Å². The molecule has 0 radical (unpaired) electrons. The largest absolute Gasteiger partial charge is 0.417 e. The smallest absolute Gasteiger partial charge is 0.166 e. The summed E-state index contributed by atoms with van der Waals surface area (Å²) in [6.07, 6.45) is -4.58. The van der Waals surface area contributed by atoms with Crippen molar-refractivity contribution in [1.29, 1.82) is 0 Å². The average Bonchev–Trinajstić information content (AvgIpc) is 2.28. The van der Waals surface area contributed by atoms with Gasteiger partial charge in [0.25, 0.3) is 0 Å². The first kappa shape index (κ1) is 15.8. The molecule has 7 heteroatoms. The van der Waals surface area contributed by atoms with Crippen LogP contribution in [0.3, 0.4) is 0 Å². The Morgan fingerprint density at radius 3 is 1.80 bits per heavy atom.